The maximum atomic E-state index is 5.83. The maximum Gasteiger partial charge on any atom is 0.284 e. The summed E-state index contributed by atoms with van der Waals surface area (Å²) in [7, 11) is 0. The molecule has 0 aliphatic heterocycles. The molecule has 4 nitrogen and oxygen atoms in total. The molecule has 0 radical (unpaired) electrons. The number of aryl methyl sites for hydroxylation is 2. The molecule has 0 unspecified atom stereocenters. The predicted molar refractivity (Wildman–Crippen MR) is 93.2 cm³/mol. The lowest BCUT2D eigenvalue weighted by molar-refractivity contribution is 0.318. The van der Waals surface area contributed by atoms with Gasteiger partial charge in [0.25, 0.3) is 4.84 Å². The molecule has 6 heteroatoms. The number of aromatic nitrogens is 2. The standard InChI is InChI=1S/C16H22N2O2S2/c1-3-12-6-7-14(10-13(12)4-2)19-8-5-9-22-11-15-17-18-16(21)20-15/h6-7,10H,3-5,8-9,11H2,1-2H3,(H,18,21). The number of hydrogen-bond acceptors (Lipinski definition) is 5. The first-order valence-corrected chi connectivity index (χ1v) is 9.16. The van der Waals surface area contributed by atoms with Gasteiger partial charge in [-0.3, -0.25) is 0 Å². The van der Waals surface area contributed by atoms with E-state index in [2.05, 4.69) is 42.2 Å². The minimum absolute atomic E-state index is 0.334. The number of nitrogens with one attached hydrogen (secondary N) is 1. The van der Waals surface area contributed by atoms with Crippen LogP contribution < -0.4 is 4.74 Å². The van der Waals surface area contributed by atoms with Gasteiger partial charge in [0, 0.05) is 0 Å². The molecule has 2 aromatic rings. The molecule has 0 aliphatic carbocycles. The summed E-state index contributed by atoms with van der Waals surface area (Å²) in [4.78, 5) is 0.334. The highest BCUT2D eigenvalue weighted by atomic mass is 32.2. The fraction of sp³-hybridized carbons (Fsp3) is 0.500. The quantitative estimate of drug-likeness (QED) is 0.536. The van der Waals surface area contributed by atoms with Crippen molar-refractivity contribution in [1.29, 1.82) is 0 Å². The van der Waals surface area contributed by atoms with Gasteiger partial charge in [0.2, 0.25) is 5.89 Å². The maximum absolute atomic E-state index is 5.83. The van der Waals surface area contributed by atoms with Crippen LogP contribution in [0.15, 0.2) is 22.6 Å². The van der Waals surface area contributed by atoms with Crippen LogP contribution in [0, 0.1) is 4.84 Å². The zero-order chi connectivity index (χ0) is 15.8. The molecule has 1 aromatic heterocycles. The van der Waals surface area contributed by atoms with Crippen molar-refractivity contribution < 1.29 is 9.15 Å². The summed E-state index contributed by atoms with van der Waals surface area (Å²) < 4.78 is 11.0. The Balaban J connectivity index is 1.67. The topological polar surface area (TPSA) is 51.0 Å². The molecule has 22 heavy (non-hydrogen) atoms. The van der Waals surface area contributed by atoms with Gasteiger partial charge in [-0.1, -0.05) is 19.9 Å². The second kappa shape index (κ2) is 9.00. The van der Waals surface area contributed by atoms with E-state index < -0.39 is 0 Å². The lowest BCUT2D eigenvalue weighted by Crippen LogP contribution is -2.00. The van der Waals surface area contributed by atoms with E-state index in [9.17, 15) is 0 Å². The highest BCUT2D eigenvalue weighted by molar-refractivity contribution is 7.98. The van der Waals surface area contributed by atoms with Gasteiger partial charge < -0.3 is 9.15 Å². The largest absolute Gasteiger partial charge is 0.494 e. The first kappa shape index (κ1) is 17.1. The molecule has 2 rings (SSSR count). The van der Waals surface area contributed by atoms with E-state index in [0.29, 0.717) is 10.7 Å². The zero-order valence-corrected chi connectivity index (χ0v) is 14.7. The Hall–Kier alpha value is -1.27. The molecular formula is C16H22N2O2S2. The highest BCUT2D eigenvalue weighted by Crippen LogP contribution is 2.19. The SMILES string of the molecule is CCc1ccc(OCCCSCc2n[nH]c(=S)o2)cc1CC. The molecular weight excluding hydrogens is 316 g/mol. The molecule has 0 bridgehead atoms. The van der Waals surface area contributed by atoms with Crippen molar-refractivity contribution in [2.75, 3.05) is 12.4 Å². The van der Waals surface area contributed by atoms with Crippen molar-refractivity contribution in [1.82, 2.24) is 10.2 Å². The number of H-pyrrole nitrogens is 1. The van der Waals surface area contributed by atoms with Crippen molar-refractivity contribution >= 4 is 24.0 Å². The summed E-state index contributed by atoms with van der Waals surface area (Å²) in [5, 5.41) is 6.59. The second-order valence-electron chi connectivity index (χ2n) is 4.90. The number of thioether (sulfide) groups is 1. The fourth-order valence-electron chi connectivity index (χ4n) is 2.20. The number of hydrogen-bond donors (Lipinski definition) is 1. The van der Waals surface area contributed by atoms with Gasteiger partial charge in [0.15, 0.2) is 0 Å². The third-order valence-corrected chi connectivity index (χ3v) is 4.55. The van der Waals surface area contributed by atoms with Crippen LogP contribution in [0.3, 0.4) is 0 Å². The van der Waals surface area contributed by atoms with Gasteiger partial charge in [0.05, 0.1) is 12.4 Å². The number of aromatic amines is 1. The fourth-order valence-corrected chi connectivity index (χ4v) is 3.11. The molecule has 0 aliphatic rings. The summed E-state index contributed by atoms with van der Waals surface area (Å²) in [6.45, 7) is 5.10. The van der Waals surface area contributed by atoms with E-state index in [1.165, 1.54) is 11.1 Å². The Morgan fingerprint density at radius 2 is 2.09 bits per heavy atom. The molecule has 0 saturated carbocycles. The van der Waals surface area contributed by atoms with E-state index in [0.717, 1.165) is 43.1 Å². The van der Waals surface area contributed by atoms with E-state index in [-0.39, 0.29) is 0 Å². The molecule has 0 fully saturated rings. The van der Waals surface area contributed by atoms with Crippen molar-refractivity contribution in [2.45, 2.75) is 38.9 Å². The average Bonchev–Trinajstić information content (AvgIpc) is 2.95. The monoisotopic (exact) mass is 338 g/mol. The van der Waals surface area contributed by atoms with Crippen molar-refractivity contribution in [3.8, 4) is 5.75 Å². The van der Waals surface area contributed by atoms with Gasteiger partial charge in [-0.25, -0.2) is 5.10 Å². The van der Waals surface area contributed by atoms with E-state index in [4.69, 9.17) is 21.4 Å². The van der Waals surface area contributed by atoms with Crippen LogP contribution in [0.1, 0.15) is 37.3 Å². The van der Waals surface area contributed by atoms with E-state index in [1.807, 2.05) is 0 Å². The Morgan fingerprint density at radius 1 is 1.27 bits per heavy atom. The molecule has 0 amide bonds. The first-order valence-electron chi connectivity index (χ1n) is 7.59. The Kier molecular flexibility index (Phi) is 6.99. The minimum atomic E-state index is 0.334. The Morgan fingerprint density at radius 3 is 2.77 bits per heavy atom. The van der Waals surface area contributed by atoms with Gasteiger partial charge in [-0.2, -0.15) is 11.8 Å². The molecule has 1 aromatic carbocycles. The number of nitrogens with zero attached hydrogens (tertiary/aromatic N) is 1. The van der Waals surface area contributed by atoms with Gasteiger partial charge in [-0.05, 0) is 60.5 Å². The minimum Gasteiger partial charge on any atom is -0.494 e. The highest BCUT2D eigenvalue weighted by Gasteiger charge is 2.03. The van der Waals surface area contributed by atoms with Crippen LogP contribution >= 0.6 is 24.0 Å². The smallest absolute Gasteiger partial charge is 0.284 e. The lowest BCUT2D eigenvalue weighted by Gasteiger charge is -2.10. The third kappa shape index (κ3) is 5.18. The summed E-state index contributed by atoms with van der Waals surface area (Å²) in [6.07, 6.45) is 3.12. The summed E-state index contributed by atoms with van der Waals surface area (Å²) in [5.41, 5.74) is 2.79. The van der Waals surface area contributed by atoms with Crippen LogP contribution in [-0.4, -0.2) is 22.6 Å². The van der Waals surface area contributed by atoms with E-state index >= 15 is 0 Å². The Bertz CT molecular complexity index is 637. The molecule has 0 saturated heterocycles. The van der Waals surface area contributed by atoms with Crippen LogP contribution in [-0.2, 0) is 18.6 Å². The predicted octanol–water partition coefficient (Wildman–Crippen LogP) is 4.56. The summed E-state index contributed by atoms with van der Waals surface area (Å²) in [6, 6.07) is 6.41. The normalized spacial score (nSPS) is 10.8. The molecule has 1 heterocycles. The third-order valence-electron chi connectivity index (χ3n) is 3.35. The second-order valence-corrected chi connectivity index (χ2v) is 6.38. The van der Waals surface area contributed by atoms with Crippen LogP contribution in [0.4, 0.5) is 0 Å². The van der Waals surface area contributed by atoms with Gasteiger partial charge >= 0.3 is 0 Å². The average molecular weight is 338 g/mol. The zero-order valence-electron chi connectivity index (χ0n) is 13.1. The number of ether oxygens (including phenoxy) is 1. The van der Waals surface area contributed by atoms with Crippen molar-refractivity contribution in [3.63, 3.8) is 0 Å². The van der Waals surface area contributed by atoms with Gasteiger partial charge in [-0.15, -0.1) is 5.10 Å². The molecule has 0 spiro atoms. The Labute approximate surface area is 140 Å². The molecule has 120 valence electrons. The van der Waals surface area contributed by atoms with Crippen LogP contribution in [0.25, 0.3) is 0 Å². The van der Waals surface area contributed by atoms with Gasteiger partial charge in [0.1, 0.15) is 5.75 Å². The van der Waals surface area contributed by atoms with Crippen molar-refractivity contribution in [3.05, 3.63) is 40.1 Å². The van der Waals surface area contributed by atoms with E-state index in [1.54, 1.807) is 11.8 Å². The first-order chi connectivity index (χ1) is 10.7. The van der Waals surface area contributed by atoms with Crippen molar-refractivity contribution in [2.24, 2.45) is 0 Å². The number of rotatable bonds is 9. The van der Waals surface area contributed by atoms with Crippen LogP contribution in [0.5, 0.6) is 5.75 Å². The lowest BCUT2D eigenvalue weighted by atomic mass is 10.0. The summed E-state index contributed by atoms with van der Waals surface area (Å²) in [5.74, 6) is 3.36. The summed E-state index contributed by atoms with van der Waals surface area (Å²) >= 11 is 6.60. The number of benzene rings is 1. The van der Waals surface area contributed by atoms with Crippen LogP contribution in [0.2, 0.25) is 0 Å². The molecule has 1 N–H and O–H groups in total. The molecule has 0 atom stereocenters.